The molecule has 0 radical (unpaired) electrons. The minimum atomic E-state index is 0.0263. The van der Waals surface area contributed by atoms with Gasteiger partial charge >= 0.3 is 0 Å². The predicted octanol–water partition coefficient (Wildman–Crippen LogP) is 0.00800. The van der Waals surface area contributed by atoms with Gasteiger partial charge in [-0.3, -0.25) is 9.69 Å². The lowest BCUT2D eigenvalue weighted by atomic mass is 10.2. The molecule has 1 aliphatic heterocycles. The lowest BCUT2D eigenvalue weighted by Crippen LogP contribution is -2.53. The third kappa shape index (κ3) is 3.13. The first-order valence-electron chi connectivity index (χ1n) is 6.90. The average molecular weight is 265 g/mol. The largest absolute Gasteiger partial charge is 0.335 e. The minimum Gasteiger partial charge on any atom is -0.335 e. The van der Waals surface area contributed by atoms with Gasteiger partial charge in [-0.25, -0.2) is 4.98 Å². The van der Waals surface area contributed by atoms with E-state index in [0.29, 0.717) is 24.8 Å². The first-order valence-corrected chi connectivity index (χ1v) is 6.90. The summed E-state index contributed by atoms with van der Waals surface area (Å²) in [5.74, 6) is 0.0263. The van der Waals surface area contributed by atoms with E-state index in [1.807, 2.05) is 9.47 Å². The Bertz CT molecular complexity index is 430. The fourth-order valence-corrected chi connectivity index (χ4v) is 2.55. The summed E-state index contributed by atoms with van der Waals surface area (Å²) in [5.41, 5.74) is 6.01. The molecule has 6 heteroatoms. The van der Waals surface area contributed by atoms with Crippen molar-refractivity contribution in [3.05, 3.63) is 18.2 Å². The molecule has 1 amide bonds. The molecule has 1 saturated heterocycles. The summed E-state index contributed by atoms with van der Waals surface area (Å²) in [6.07, 6.45) is 3.46. The third-order valence-electron chi connectivity index (χ3n) is 3.70. The van der Waals surface area contributed by atoms with Gasteiger partial charge in [0.25, 0.3) is 5.91 Å². The standard InChI is InChI=1S/C13H23N5O/c1-3-17-6-7-18(8-11(17)2)13(19)12-9-16(5-4-14)10-15-12/h9-11H,3-8,14H2,1-2H3. The summed E-state index contributed by atoms with van der Waals surface area (Å²) >= 11 is 0. The Hall–Kier alpha value is -1.40. The van der Waals surface area contributed by atoms with Crippen LogP contribution in [0.4, 0.5) is 0 Å². The normalized spacial score (nSPS) is 20.8. The molecule has 2 rings (SSSR count). The van der Waals surface area contributed by atoms with Crippen molar-refractivity contribution in [2.45, 2.75) is 26.4 Å². The summed E-state index contributed by atoms with van der Waals surface area (Å²) in [5, 5.41) is 0. The van der Waals surface area contributed by atoms with E-state index < -0.39 is 0 Å². The SMILES string of the molecule is CCN1CCN(C(=O)c2cn(CCN)cn2)CC1C. The van der Waals surface area contributed by atoms with Crippen LogP contribution in [0, 0.1) is 0 Å². The highest BCUT2D eigenvalue weighted by atomic mass is 16.2. The highest BCUT2D eigenvalue weighted by Gasteiger charge is 2.27. The zero-order valence-electron chi connectivity index (χ0n) is 11.7. The van der Waals surface area contributed by atoms with Crippen LogP contribution in [0.25, 0.3) is 0 Å². The van der Waals surface area contributed by atoms with Crippen molar-refractivity contribution >= 4 is 5.91 Å². The van der Waals surface area contributed by atoms with Crippen molar-refractivity contribution in [2.75, 3.05) is 32.7 Å². The molecule has 1 aromatic rings. The Morgan fingerprint density at radius 2 is 2.32 bits per heavy atom. The number of aromatic nitrogens is 2. The molecule has 1 aliphatic rings. The van der Waals surface area contributed by atoms with Crippen LogP contribution in [0.3, 0.4) is 0 Å². The molecule has 106 valence electrons. The Kier molecular flexibility index (Phi) is 4.55. The van der Waals surface area contributed by atoms with Crippen molar-refractivity contribution in [1.82, 2.24) is 19.4 Å². The molecule has 0 saturated carbocycles. The molecule has 0 spiro atoms. The second kappa shape index (κ2) is 6.16. The van der Waals surface area contributed by atoms with E-state index >= 15 is 0 Å². The molecule has 1 atom stereocenters. The van der Waals surface area contributed by atoms with Crippen LogP contribution in [0.1, 0.15) is 24.3 Å². The maximum atomic E-state index is 12.4. The number of carbonyl (C=O) groups excluding carboxylic acids is 1. The summed E-state index contributed by atoms with van der Waals surface area (Å²) in [7, 11) is 0. The summed E-state index contributed by atoms with van der Waals surface area (Å²) < 4.78 is 1.86. The van der Waals surface area contributed by atoms with Crippen LogP contribution in [-0.2, 0) is 6.54 Å². The number of likely N-dealkylation sites (N-methyl/N-ethyl adjacent to an activating group) is 1. The van der Waals surface area contributed by atoms with Gasteiger partial charge in [0.05, 0.1) is 6.33 Å². The van der Waals surface area contributed by atoms with Crippen LogP contribution < -0.4 is 5.73 Å². The van der Waals surface area contributed by atoms with E-state index in [0.717, 1.165) is 26.2 Å². The van der Waals surface area contributed by atoms with Gasteiger partial charge in [0.1, 0.15) is 5.69 Å². The molecule has 1 fully saturated rings. The number of rotatable bonds is 4. The minimum absolute atomic E-state index is 0.0263. The first kappa shape index (κ1) is 14.0. The van der Waals surface area contributed by atoms with Gasteiger partial charge < -0.3 is 15.2 Å². The topological polar surface area (TPSA) is 67.4 Å². The van der Waals surface area contributed by atoms with E-state index in [9.17, 15) is 4.79 Å². The number of amides is 1. The lowest BCUT2D eigenvalue weighted by Gasteiger charge is -2.39. The zero-order chi connectivity index (χ0) is 13.8. The van der Waals surface area contributed by atoms with E-state index in [2.05, 4.69) is 23.7 Å². The van der Waals surface area contributed by atoms with Gasteiger partial charge in [-0.05, 0) is 13.5 Å². The number of imidazole rings is 1. The summed E-state index contributed by atoms with van der Waals surface area (Å²) in [6, 6.07) is 0.411. The molecule has 1 aromatic heterocycles. The van der Waals surface area contributed by atoms with Gasteiger partial charge in [-0.1, -0.05) is 6.92 Å². The molecule has 0 bridgehead atoms. The molecule has 0 aromatic carbocycles. The van der Waals surface area contributed by atoms with Crippen molar-refractivity contribution in [3.63, 3.8) is 0 Å². The predicted molar refractivity (Wildman–Crippen MR) is 73.9 cm³/mol. The van der Waals surface area contributed by atoms with Gasteiger partial charge in [0.15, 0.2) is 0 Å². The maximum absolute atomic E-state index is 12.4. The number of nitrogens with two attached hydrogens (primary N) is 1. The third-order valence-corrected chi connectivity index (χ3v) is 3.70. The van der Waals surface area contributed by atoms with Crippen molar-refractivity contribution in [2.24, 2.45) is 5.73 Å². The Morgan fingerprint density at radius 3 is 2.95 bits per heavy atom. The molecule has 2 N–H and O–H groups in total. The Labute approximate surface area is 114 Å². The van der Waals surface area contributed by atoms with Crippen molar-refractivity contribution in [3.8, 4) is 0 Å². The number of piperazine rings is 1. The fraction of sp³-hybridized carbons (Fsp3) is 0.692. The summed E-state index contributed by atoms with van der Waals surface area (Å²) in [4.78, 5) is 20.8. The number of hydrogen-bond donors (Lipinski definition) is 1. The van der Waals surface area contributed by atoms with Gasteiger partial charge in [-0.15, -0.1) is 0 Å². The average Bonchev–Trinajstić information content (AvgIpc) is 2.87. The molecule has 1 unspecified atom stereocenters. The van der Waals surface area contributed by atoms with Crippen LogP contribution in [-0.4, -0.2) is 64.0 Å². The molecule has 19 heavy (non-hydrogen) atoms. The van der Waals surface area contributed by atoms with Crippen molar-refractivity contribution in [1.29, 1.82) is 0 Å². The molecular weight excluding hydrogens is 242 g/mol. The van der Waals surface area contributed by atoms with Crippen LogP contribution >= 0.6 is 0 Å². The number of carbonyl (C=O) groups is 1. The smallest absolute Gasteiger partial charge is 0.274 e. The van der Waals surface area contributed by atoms with Crippen LogP contribution in [0.5, 0.6) is 0 Å². The monoisotopic (exact) mass is 265 g/mol. The highest BCUT2D eigenvalue weighted by Crippen LogP contribution is 2.12. The Balaban J connectivity index is 1.99. The zero-order valence-corrected chi connectivity index (χ0v) is 11.7. The van der Waals surface area contributed by atoms with E-state index in [1.54, 1.807) is 12.5 Å². The molecule has 6 nitrogen and oxygen atoms in total. The number of nitrogens with zero attached hydrogens (tertiary/aromatic N) is 4. The van der Waals surface area contributed by atoms with Gasteiger partial charge in [-0.2, -0.15) is 0 Å². The molecule has 0 aliphatic carbocycles. The van der Waals surface area contributed by atoms with Gasteiger partial charge in [0, 0.05) is 45.0 Å². The second-order valence-corrected chi connectivity index (χ2v) is 5.01. The second-order valence-electron chi connectivity index (χ2n) is 5.01. The maximum Gasteiger partial charge on any atom is 0.274 e. The van der Waals surface area contributed by atoms with Crippen LogP contribution in [0.2, 0.25) is 0 Å². The quantitative estimate of drug-likeness (QED) is 0.832. The van der Waals surface area contributed by atoms with Gasteiger partial charge in [0.2, 0.25) is 0 Å². The summed E-state index contributed by atoms with van der Waals surface area (Å²) in [6.45, 7) is 9.09. The fourth-order valence-electron chi connectivity index (χ4n) is 2.55. The first-order chi connectivity index (χ1) is 9.15. The highest BCUT2D eigenvalue weighted by molar-refractivity contribution is 5.92. The lowest BCUT2D eigenvalue weighted by molar-refractivity contribution is 0.0523. The van der Waals surface area contributed by atoms with Crippen molar-refractivity contribution < 1.29 is 4.79 Å². The number of hydrogen-bond acceptors (Lipinski definition) is 4. The van der Waals surface area contributed by atoms with Crippen LogP contribution in [0.15, 0.2) is 12.5 Å². The molecular formula is C13H23N5O. The molecule has 2 heterocycles. The Morgan fingerprint density at radius 1 is 1.53 bits per heavy atom. The van der Waals surface area contributed by atoms with E-state index in [1.165, 1.54) is 0 Å². The van der Waals surface area contributed by atoms with E-state index in [4.69, 9.17) is 5.73 Å². The van der Waals surface area contributed by atoms with E-state index in [-0.39, 0.29) is 5.91 Å².